The number of benzene rings is 1. The van der Waals surface area contributed by atoms with Crippen LogP contribution in [0.3, 0.4) is 0 Å². The van der Waals surface area contributed by atoms with Crippen molar-refractivity contribution in [2.45, 2.75) is 31.5 Å². The molecule has 0 spiro atoms. The first-order chi connectivity index (χ1) is 17.4. The van der Waals surface area contributed by atoms with E-state index in [4.69, 9.17) is 9.97 Å². The van der Waals surface area contributed by atoms with Gasteiger partial charge in [-0.25, -0.2) is 4.98 Å². The summed E-state index contributed by atoms with van der Waals surface area (Å²) < 4.78 is 1.93. The summed E-state index contributed by atoms with van der Waals surface area (Å²) in [5, 5.41) is 31.3. The van der Waals surface area contributed by atoms with Crippen molar-refractivity contribution in [3.8, 4) is 11.4 Å². The fourth-order valence-electron chi connectivity index (χ4n) is 5.19. The Balaban J connectivity index is 1.37. The van der Waals surface area contributed by atoms with E-state index in [9.17, 15) is 15.3 Å². The van der Waals surface area contributed by atoms with E-state index >= 15 is 0 Å². The third kappa shape index (κ3) is 3.92. The second-order valence-corrected chi connectivity index (χ2v) is 9.85. The zero-order valence-electron chi connectivity index (χ0n) is 20.1. The van der Waals surface area contributed by atoms with Gasteiger partial charge in [-0.15, -0.1) is 0 Å². The standard InChI is InChI=1S/C26H29N7O3/c1-17-14-32(15-21(17)35)23-22-24(33(16-28-22)19-6-10-27-11-7-19)30-25(29-23)31-12-8-26(36,9-13-31)18-2-4-20(34)5-3-18/h2-7,10-11,16-17,21,34-36H,8-9,12-15H2,1H3/t17-,21-/m0/s1. The van der Waals surface area contributed by atoms with Crippen molar-refractivity contribution in [1.82, 2.24) is 24.5 Å². The number of aliphatic hydroxyl groups is 2. The number of piperidine rings is 1. The number of anilines is 2. The number of fused-ring (bicyclic) bond motifs is 1. The highest BCUT2D eigenvalue weighted by Gasteiger charge is 2.36. The molecular weight excluding hydrogens is 458 g/mol. The van der Waals surface area contributed by atoms with E-state index in [0.717, 1.165) is 11.3 Å². The molecule has 3 N–H and O–H groups in total. The maximum absolute atomic E-state index is 11.3. The predicted octanol–water partition coefficient (Wildman–Crippen LogP) is 2.22. The number of phenols is 1. The summed E-state index contributed by atoms with van der Waals surface area (Å²) in [6, 6.07) is 10.6. The molecule has 5 heterocycles. The SMILES string of the molecule is C[C@H]1CN(c2nc(N3CCC(O)(c4ccc(O)cc4)CC3)nc3c2ncn3-c2ccncc2)C[C@@H]1O. The van der Waals surface area contributed by atoms with Gasteiger partial charge in [0.25, 0.3) is 0 Å². The Labute approximate surface area is 208 Å². The number of β-amino-alcohol motifs (C(OH)–C–C–N with tert-alkyl or cyclic N) is 1. The van der Waals surface area contributed by atoms with Crippen molar-refractivity contribution in [1.29, 1.82) is 0 Å². The Bertz CT molecular complexity index is 1360. The lowest BCUT2D eigenvalue weighted by atomic mass is 9.84. The van der Waals surface area contributed by atoms with E-state index < -0.39 is 11.7 Å². The van der Waals surface area contributed by atoms with Crippen LogP contribution in [0.15, 0.2) is 55.1 Å². The van der Waals surface area contributed by atoms with E-state index in [1.807, 2.05) is 23.6 Å². The summed E-state index contributed by atoms with van der Waals surface area (Å²) in [7, 11) is 0. The van der Waals surface area contributed by atoms with Gasteiger partial charge in [-0.05, 0) is 42.7 Å². The van der Waals surface area contributed by atoms with Gasteiger partial charge in [0.05, 0.1) is 17.4 Å². The molecule has 36 heavy (non-hydrogen) atoms. The third-order valence-corrected chi connectivity index (χ3v) is 7.46. The minimum Gasteiger partial charge on any atom is -0.508 e. The molecule has 2 aliphatic rings. The molecule has 0 aliphatic carbocycles. The first kappa shape index (κ1) is 22.7. The van der Waals surface area contributed by atoms with Crippen LogP contribution in [-0.2, 0) is 5.60 Å². The second-order valence-electron chi connectivity index (χ2n) is 9.85. The number of aliphatic hydroxyl groups excluding tert-OH is 1. The lowest BCUT2D eigenvalue weighted by Crippen LogP contribution is -2.43. The molecule has 2 saturated heterocycles. The van der Waals surface area contributed by atoms with Crippen LogP contribution in [0.4, 0.5) is 11.8 Å². The Kier molecular flexibility index (Phi) is 5.50. The van der Waals surface area contributed by atoms with E-state index in [-0.39, 0.29) is 11.7 Å². The van der Waals surface area contributed by atoms with Crippen LogP contribution in [0, 0.1) is 5.92 Å². The highest BCUT2D eigenvalue weighted by molar-refractivity contribution is 5.86. The minimum absolute atomic E-state index is 0.135. The molecule has 6 rings (SSSR count). The summed E-state index contributed by atoms with van der Waals surface area (Å²) in [5.41, 5.74) is 2.11. The van der Waals surface area contributed by atoms with Crippen LogP contribution in [0.5, 0.6) is 5.75 Å². The maximum Gasteiger partial charge on any atom is 0.229 e. The molecule has 1 aromatic carbocycles. The van der Waals surface area contributed by atoms with Crippen LogP contribution < -0.4 is 9.80 Å². The van der Waals surface area contributed by atoms with E-state index in [1.54, 1.807) is 43.0 Å². The molecule has 10 nitrogen and oxygen atoms in total. The lowest BCUT2D eigenvalue weighted by molar-refractivity contribution is 0.0115. The van der Waals surface area contributed by atoms with Crippen molar-refractivity contribution in [2.75, 3.05) is 36.0 Å². The molecular formula is C26H29N7O3. The molecule has 2 atom stereocenters. The van der Waals surface area contributed by atoms with Crippen molar-refractivity contribution < 1.29 is 15.3 Å². The molecule has 2 aliphatic heterocycles. The molecule has 4 aromatic rings. The molecule has 0 radical (unpaired) electrons. The van der Waals surface area contributed by atoms with Gasteiger partial charge in [0, 0.05) is 44.5 Å². The Hall–Kier alpha value is -3.76. The van der Waals surface area contributed by atoms with Gasteiger partial charge in [0.2, 0.25) is 5.95 Å². The second kappa shape index (κ2) is 8.72. The number of pyridine rings is 1. The van der Waals surface area contributed by atoms with Crippen molar-refractivity contribution >= 4 is 22.9 Å². The highest BCUT2D eigenvalue weighted by Crippen LogP contribution is 2.36. The molecule has 10 heteroatoms. The van der Waals surface area contributed by atoms with Crippen LogP contribution >= 0.6 is 0 Å². The molecule has 0 amide bonds. The Morgan fingerprint density at radius 3 is 2.33 bits per heavy atom. The fraction of sp³-hybridized carbons (Fsp3) is 0.385. The average molecular weight is 488 g/mol. The summed E-state index contributed by atoms with van der Waals surface area (Å²) >= 11 is 0. The number of aromatic hydroxyl groups is 1. The number of nitrogens with zero attached hydrogens (tertiary/aromatic N) is 7. The smallest absolute Gasteiger partial charge is 0.229 e. The maximum atomic E-state index is 11.3. The van der Waals surface area contributed by atoms with Crippen LogP contribution in [-0.4, -0.2) is 72.1 Å². The number of aromatic nitrogens is 5. The fourth-order valence-corrected chi connectivity index (χ4v) is 5.19. The van der Waals surface area contributed by atoms with Gasteiger partial charge in [-0.3, -0.25) is 9.55 Å². The predicted molar refractivity (Wildman–Crippen MR) is 135 cm³/mol. The number of hydrogen-bond acceptors (Lipinski definition) is 9. The first-order valence-electron chi connectivity index (χ1n) is 12.3. The molecule has 186 valence electrons. The summed E-state index contributed by atoms with van der Waals surface area (Å²) in [6.07, 6.45) is 5.82. The van der Waals surface area contributed by atoms with Crippen LogP contribution in [0.2, 0.25) is 0 Å². The van der Waals surface area contributed by atoms with E-state index in [2.05, 4.69) is 19.8 Å². The van der Waals surface area contributed by atoms with Crippen LogP contribution in [0.1, 0.15) is 25.3 Å². The average Bonchev–Trinajstić information content (AvgIpc) is 3.47. The summed E-state index contributed by atoms with van der Waals surface area (Å²) in [4.78, 5) is 22.8. The first-order valence-corrected chi connectivity index (χ1v) is 12.3. The molecule has 0 unspecified atom stereocenters. The summed E-state index contributed by atoms with van der Waals surface area (Å²) in [5.74, 6) is 1.61. The molecule has 0 bridgehead atoms. The number of phenolic OH excluding ortho intramolecular Hbond substituents is 1. The van der Waals surface area contributed by atoms with Gasteiger partial charge >= 0.3 is 0 Å². The van der Waals surface area contributed by atoms with Gasteiger partial charge in [0.1, 0.15) is 12.1 Å². The minimum atomic E-state index is -0.968. The zero-order chi connectivity index (χ0) is 24.9. The van der Waals surface area contributed by atoms with Gasteiger partial charge in [0.15, 0.2) is 17.0 Å². The largest absolute Gasteiger partial charge is 0.508 e. The zero-order valence-corrected chi connectivity index (χ0v) is 20.1. The quantitative estimate of drug-likeness (QED) is 0.397. The topological polar surface area (TPSA) is 124 Å². The highest BCUT2D eigenvalue weighted by atomic mass is 16.3. The number of rotatable bonds is 4. The number of imidazole rings is 1. The Morgan fingerprint density at radius 1 is 0.944 bits per heavy atom. The summed E-state index contributed by atoms with van der Waals surface area (Å²) in [6.45, 7) is 4.37. The Morgan fingerprint density at radius 2 is 1.67 bits per heavy atom. The normalized spacial score (nSPS) is 21.9. The lowest BCUT2D eigenvalue weighted by Gasteiger charge is -2.38. The third-order valence-electron chi connectivity index (χ3n) is 7.46. The number of hydrogen-bond donors (Lipinski definition) is 3. The van der Waals surface area contributed by atoms with Crippen LogP contribution in [0.25, 0.3) is 16.9 Å². The molecule has 0 saturated carbocycles. The molecule has 2 fully saturated rings. The van der Waals surface area contributed by atoms with Gasteiger partial charge < -0.3 is 25.1 Å². The molecule has 3 aromatic heterocycles. The van der Waals surface area contributed by atoms with Crippen molar-refractivity contribution in [3.63, 3.8) is 0 Å². The van der Waals surface area contributed by atoms with E-state index in [1.165, 1.54) is 0 Å². The van der Waals surface area contributed by atoms with Crippen molar-refractivity contribution in [3.05, 3.63) is 60.7 Å². The van der Waals surface area contributed by atoms with Crippen molar-refractivity contribution in [2.24, 2.45) is 5.92 Å². The van der Waals surface area contributed by atoms with E-state index in [0.29, 0.717) is 62.0 Å². The van der Waals surface area contributed by atoms with Gasteiger partial charge in [-0.2, -0.15) is 9.97 Å². The monoisotopic (exact) mass is 487 g/mol. The van der Waals surface area contributed by atoms with Gasteiger partial charge in [-0.1, -0.05) is 19.1 Å².